The van der Waals surface area contributed by atoms with E-state index in [0.29, 0.717) is 13.2 Å². The molecule has 0 radical (unpaired) electrons. The number of ether oxygens (including phenoxy) is 2. The molecule has 140 valence electrons. The molecular formula is C21H28N2O3. The molecule has 2 N–H and O–H groups in total. The van der Waals surface area contributed by atoms with Gasteiger partial charge in [-0.05, 0) is 47.4 Å². The fraction of sp³-hybridized carbons (Fsp3) is 0.381. The smallest absolute Gasteiger partial charge is 0.238 e. The average Bonchev–Trinajstić information content (AvgIpc) is 2.61. The number of amides is 1. The Kier molecular flexibility index (Phi) is 7.04. The molecule has 2 aromatic rings. The van der Waals surface area contributed by atoms with Gasteiger partial charge in [0, 0.05) is 12.2 Å². The zero-order valence-electron chi connectivity index (χ0n) is 16.0. The van der Waals surface area contributed by atoms with Crippen LogP contribution in [-0.2, 0) is 10.2 Å². The molecule has 0 saturated heterocycles. The van der Waals surface area contributed by atoms with Crippen LogP contribution < -0.4 is 20.1 Å². The van der Waals surface area contributed by atoms with Crippen LogP contribution in [0.1, 0.15) is 26.3 Å². The minimum Gasteiger partial charge on any atom is -0.497 e. The maximum Gasteiger partial charge on any atom is 0.238 e. The third kappa shape index (κ3) is 6.41. The fourth-order valence-electron chi connectivity index (χ4n) is 2.37. The molecule has 0 bridgehead atoms. The van der Waals surface area contributed by atoms with E-state index < -0.39 is 0 Å². The molecule has 0 unspecified atom stereocenters. The second kappa shape index (κ2) is 9.25. The van der Waals surface area contributed by atoms with Crippen molar-refractivity contribution in [2.24, 2.45) is 0 Å². The average molecular weight is 356 g/mol. The first-order valence-electron chi connectivity index (χ1n) is 8.76. The molecule has 5 heteroatoms. The summed E-state index contributed by atoms with van der Waals surface area (Å²) in [5.74, 6) is 1.50. The molecule has 0 spiro atoms. The van der Waals surface area contributed by atoms with E-state index in [4.69, 9.17) is 9.47 Å². The summed E-state index contributed by atoms with van der Waals surface area (Å²) < 4.78 is 10.7. The number of anilines is 1. The van der Waals surface area contributed by atoms with Crippen molar-refractivity contribution in [3.63, 3.8) is 0 Å². The van der Waals surface area contributed by atoms with Gasteiger partial charge in [0.2, 0.25) is 5.91 Å². The predicted octanol–water partition coefficient (Wildman–Crippen LogP) is 3.60. The predicted molar refractivity (Wildman–Crippen MR) is 105 cm³/mol. The van der Waals surface area contributed by atoms with Crippen LogP contribution >= 0.6 is 0 Å². The highest BCUT2D eigenvalue weighted by Crippen LogP contribution is 2.23. The lowest BCUT2D eigenvalue weighted by molar-refractivity contribution is -0.115. The highest BCUT2D eigenvalue weighted by atomic mass is 16.5. The first-order chi connectivity index (χ1) is 12.4. The second-order valence-corrected chi connectivity index (χ2v) is 7.08. The number of methoxy groups -OCH3 is 1. The molecule has 0 heterocycles. The first kappa shape index (κ1) is 19.8. The summed E-state index contributed by atoms with van der Waals surface area (Å²) in [7, 11) is 1.63. The van der Waals surface area contributed by atoms with Gasteiger partial charge in [0.05, 0.1) is 13.7 Å². The van der Waals surface area contributed by atoms with Crippen molar-refractivity contribution >= 4 is 11.6 Å². The quantitative estimate of drug-likeness (QED) is 0.710. The van der Waals surface area contributed by atoms with E-state index in [1.807, 2.05) is 48.5 Å². The highest BCUT2D eigenvalue weighted by Gasteiger charge is 2.13. The zero-order valence-corrected chi connectivity index (χ0v) is 16.0. The lowest BCUT2D eigenvalue weighted by Gasteiger charge is -2.19. The van der Waals surface area contributed by atoms with E-state index in [2.05, 4.69) is 31.4 Å². The van der Waals surface area contributed by atoms with Gasteiger partial charge in [-0.15, -0.1) is 0 Å². The van der Waals surface area contributed by atoms with E-state index in [-0.39, 0.29) is 17.9 Å². The van der Waals surface area contributed by atoms with Crippen LogP contribution in [-0.4, -0.2) is 32.7 Å². The maximum atomic E-state index is 12.0. The topological polar surface area (TPSA) is 59.6 Å². The Morgan fingerprint density at radius 3 is 2.15 bits per heavy atom. The number of carbonyl (C=O) groups is 1. The van der Waals surface area contributed by atoms with Crippen molar-refractivity contribution in [3.05, 3.63) is 54.1 Å². The van der Waals surface area contributed by atoms with Crippen LogP contribution in [0.4, 0.5) is 5.69 Å². The summed E-state index contributed by atoms with van der Waals surface area (Å²) >= 11 is 0. The standard InChI is InChI=1S/C21H28N2O3/c1-21(2,3)16-5-7-17(8-6-16)23-20(24)15-22-13-14-26-19-11-9-18(25-4)10-12-19/h5-12,22H,13-15H2,1-4H3,(H,23,24). The van der Waals surface area contributed by atoms with Crippen LogP contribution in [0.3, 0.4) is 0 Å². The van der Waals surface area contributed by atoms with Crippen LogP contribution in [0, 0.1) is 0 Å². The van der Waals surface area contributed by atoms with Gasteiger partial charge >= 0.3 is 0 Å². The Bertz CT molecular complexity index is 689. The van der Waals surface area contributed by atoms with Gasteiger partial charge in [-0.1, -0.05) is 32.9 Å². The number of hydrogen-bond donors (Lipinski definition) is 2. The normalized spacial score (nSPS) is 11.1. The van der Waals surface area contributed by atoms with E-state index in [1.165, 1.54) is 5.56 Å². The minimum atomic E-state index is -0.0713. The summed E-state index contributed by atoms with van der Waals surface area (Å²) in [5.41, 5.74) is 2.15. The molecule has 0 aliphatic carbocycles. The van der Waals surface area contributed by atoms with Gasteiger partial charge in [-0.3, -0.25) is 4.79 Å². The Balaban J connectivity index is 1.65. The van der Waals surface area contributed by atoms with E-state index in [0.717, 1.165) is 17.2 Å². The molecule has 0 atom stereocenters. The Labute approximate surface area is 155 Å². The molecule has 0 aliphatic rings. The summed E-state index contributed by atoms with van der Waals surface area (Å²) in [6, 6.07) is 15.4. The van der Waals surface area contributed by atoms with Gasteiger partial charge in [0.25, 0.3) is 0 Å². The SMILES string of the molecule is COc1ccc(OCCNCC(=O)Nc2ccc(C(C)(C)C)cc2)cc1. The van der Waals surface area contributed by atoms with Crippen molar-refractivity contribution in [2.75, 3.05) is 32.1 Å². The Morgan fingerprint density at radius 2 is 1.58 bits per heavy atom. The lowest BCUT2D eigenvalue weighted by Crippen LogP contribution is -2.31. The molecule has 2 rings (SSSR count). The third-order valence-electron chi connectivity index (χ3n) is 3.93. The molecule has 0 aliphatic heterocycles. The number of rotatable bonds is 8. The number of benzene rings is 2. The number of carbonyl (C=O) groups excluding carboxylic acids is 1. The Morgan fingerprint density at radius 1 is 0.962 bits per heavy atom. The molecule has 0 fully saturated rings. The molecular weight excluding hydrogens is 328 g/mol. The molecule has 0 aromatic heterocycles. The minimum absolute atomic E-state index is 0.0713. The van der Waals surface area contributed by atoms with E-state index >= 15 is 0 Å². The van der Waals surface area contributed by atoms with Crippen LogP contribution in [0.2, 0.25) is 0 Å². The maximum absolute atomic E-state index is 12.0. The van der Waals surface area contributed by atoms with E-state index in [9.17, 15) is 4.79 Å². The summed E-state index contributed by atoms with van der Waals surface area (Å²) in [6.07, 6.45) is 0. The van der Waals surface area contributed by atoms with Crippen molar-refractivity contribution in [1.82, 2.24) is 5.32 Å². The molecule has 5 nitrogen and oxygen atoms in total. The van der Waals surface area contributed by atoms with Crippen molar-refractivity contribution < 1.29 is 14.3 Å². The monoisotopic (exact) mass is 356 g/mol. The molecule has 2 aromatic carbocycles. The second-order valence-electron chi connectivity index (χ2n) is 7.08. The lowest BCUT2D eigenvalue weighted by atomic mass is 9.87. The summed E-state index contributed by atoms with van der Waals surface area (Å²) in [6.45, 7) is 7.81. The van der Waals surface area contributed by atoms with E-state index in [1.54, 1.807) is 7.11 Å². The van der Waals surface area contributed by atoms with Crippen molar-refractivity contribution in [2.45, 2.75) is 26.2 Å². The van der Waals surface area contributed by atoms with Gasteiger partial charge in [0.15, 0.2) is 0 Å². The van der Waals surface area contributed by atoms with Gasteiger partial charge in [-0.2, -0.15) is 0 Å². The molecule has 0 saturated carbocycles. The molecule has 1 amide bonds. The van der Waals surface area contributed by atoms with Gasteiger partial charge in [-0.25, -0.2) is 0 Å². The van der Waals surface area contributed by atoms with Crippen LogP contribution in [0.25, 0.3) is 0 Å². The summed E-state index contributed by atoms with van der Waals surface area (Å²) in [5, 5.41) is 5.96. The zero-order chi connectivity index (χ0) is 19.0. The number of nitrogens with one attached hydrogen (secondary N) is 2. The highest BCUT2D eigenvalue weighted by molar-refractivity contribution is 5.92. The fourth-order valence-corrected chi connectivity index (χ4v) is 2.37. The van der Waals surface area contributed by atoms with Gasteiger partial charge < -0.3 is 20.1 Å². The number of hydrogen-bond acceptors (Lipinski definition) is 4. The third-order valence-corrected chi connectivity index (χ3v) is 3.93. The van der Waals surface area contributed by atoms with Crippen molar-refractivity contribution in [1.29, 1.82) is 0 Å². The van der Waals surface area contributed by atoms with Crippen molar-refractivity contribution in [3.8, 4) is 11.5 Å². The first-order valence-corrected chi connectivity index (χ1v) is 8.76. The van der Waals surface area contributed by atoms with Crippen LogP contribution in [0.5, 0.6) is 11.5 Å². The largest absolute Gasteiger partial charge is 0.497 e. The molecule has 26 heavy (non-hydrogen) atoms. The van der Waals surface area contributed by atoms with Gasteiger partial charge in [0.1, 0.15) is 18.1 Å². The summed E-state index contributed by atoms with van der Waals surface area (Å²) in [4.78, 5) is 12.0. The van der Waals surface area contributed by atoms with Crippen LogP contribution in [0.15, 0.2) is 48.5 Å². The Hall–Kier alpha value is -2.53.